The fraction of sp³-hybridized carbons (Fsp3) is 0.552. The van der Waals surface area contributed by atoms with Crippen LogP contribution < -0.4 is 14.8 Å². The molecule has 3 aliphatic heterocycles. The van der Waals surface area contributed by atoms with Crippen LogP contribution in [-0.2, 0) is 20.9 Å². The van der Waals surface area contributed by atoms with E-state index in [1.54, 1.807) is 11.0 Å². The molecule has 5 rings (SSSR count). The third-order valence-corrected chi connectivity index (χ3v) is 9.02. The SMILES string of the molecule is CN(C(=O)C[N+]1=C2C=CSC2C(=O)N(CCCCCC(=O)NCc2ccc3c(c2)OCO3)C1=O)C1CCCCC1. The van der Waals surface area contributed by atoms with Gasteiger partial charge in [-0.25, -0.2) is 4.79 Å². The van der Waals surface area contributed by atoms with Crippen LogP contribution in [0.3, 0.4) is 0 Å². The number of benzene rings is 1. The first-order chi connectivity index (χ1) is 19.4. The Morgan fingerprint density at radius 2 is 1.90 bits per heavy atom. The molecule has 1 aliphatic carbocycles. The molecular formula is C29H37N4O6S+. The average Bonchev–Trinajstić information content (AvgIpc) is 3.65. The van der Waals surface area contributed by atoms with Gasteiger partial charge in [0.25, 0.3) is 5.91 Å². The summed E-state index contributed by atoms with van der Waals surface area (Å²) in [7, 11) is 1.82. The van der Waals surface area contributed by atoms with Crippen LogP contribution in [0, 0.1) is 0 Å². The van der Waals surface area contributed by atoms with Crippen LogP contribution in [0.15, 0.2) is 29.7 Å². The standard InChI is InChI=1S/C29H36N4O6S/c1-31(21-8-4-2-5-9-21)26(35)18-33-22-13-15-40-27(22)28(36)32(29(33)37)14-7-3-6-10-25(34)30-17-20-11-12-23-24(16-20)39-19-38-23/h11-13,15-16,21,27H,2-10,14,17-19H2,1H3/p+1. The largest absolute Gasteiger partial charge is 0.501 e. The van der Waals surface area contributed by atoms with Gasteiger partial charge in [0.15, 0.2) is 23.3 Å². The summed E-state index contributed by atoms with van der Waals surface area (Å²) in [6, 6.07) is 5.37. The van der Waals surface area contributed by atoms with Gasteiger partial charge in [-0.2, -0.15) is 14.3 Å². The first kappa shape index (κ1) is 28.2. The van der Waals surface area contributed by atoms with Crippen molar-refractivity contribution in [3.8, 4) is 11.5 Å². The van der Waals surface area contributed by atoms with Crippen LogP contribution in [0.2, 0.25) is 0 Å². The molecule has 3 heterocycles. The molecule has 0 radical (unpaired) electrons. The predicted octanol–water partition coefficient (Wildman–Crippen LogP) is 3.43. The van der Waals surface area contributed by atoms with E-state index in [9.17, 15) is 19.2 Å². The summed E-state index contributed by atoms with van der Waals surface area (Å²) in [5.74, 6) is 1.00. The quantitative estimate of drug-likeness (QED) is 0.321. The molecule has 1 aromatic rings. The van der Waals surface area contributed by atoms with Crippen molar-refractivity contribution in [1.82, 2.24) is 15.1 Å². The minimum absolute atomic E-state index is 0.0535. The minimum atomic E-state index is -0.493. The fourth-order valence-corrected chi connectivity index (χ4v) is 6.57. The maximum absolute atomic E-state index is 13.4. The van der Waals surface area contributed by atoms with Crippen LogP contribution in [0.5, 0.6) is 11.5 Å². The zero-order valence-corrected chi connectivity index (χ0v) is 23.7. The number of rotatable bonds is 11. The summed E-state index contributed by atoms with van der Waals surface area (Å²) in [6.45, 7) is 0.825. The van der Waals surface area contributed by atoms with E-state index in [2.05, 4.69) is 5.32 Å². The minimum Gasteiger partial charge on any atom is -0.454 e. The molecule has 1 unspecified atom stereocenters. The Bertz CT molecular complexity index is 1220. The number of imide groups is 1. The highest BCUT2D eigenvalue weighted by Gasteiger charge is 2.49. The van der Waals surface area contributed by atoms with E-state index < -0.39 is 11.3 Å². The van der Waals surface area contributed by atoms with Crippen molar-refractivity contribution in [3.63, 3.8) is 0 Å². The van der Waals surface area contributed by atoms with Crippen molar-refractivity contribution in [2.75, 3.05) is 26.9 Å². The summed E-state index contributed by atoms with van der Waals surface area (Å²) < 4.78 is 12.2. The summed E-state index contributed by atoms with van der Waals surface area (Å²) in [5, 5.41) is 4.24. The zero-order chi connectivity index (χ0) is 28.1. The van der Waals surface area contributed by atoms with Crippen LogP contribution >= 0.6 is 11.8 Å². The number of amides is 5. The predicted molar refractivity (Wildman–Crippen MR) is 150 cm³/mol. The molecule has 5 amide bonds. The van der Waals surface area contributed by atoms with E-state index in [0.717, 1.165) is 31.2 Å². The topological polar surface area (TPSA) is 108 Å². The number of thioether (sulfide) groups is 1. The molecule has 10 nitrogen and oxygen atoms in total. The van der Waals surface area contributed by atoms with E-state index >= 15 is 0 Å². The van der Waals surface area contributed by atoms with Crippen molar-refractivity contribution in [2.24, 2.45) is 0 Å². The normalized spacial score (nSPS) is 20.2. The Morgan fingerprint density at radius 3 is 2.73 bits per heavy atom. The van der Waals surface area contributed by atoms with E-state index in [0.29, 0.717) is 49.4 Å². The van der Waals surface area contributed by atoms with Crippen molar-refractivity contribution in [1.29, 1.82) is 0 Å². The number of hydrogen-bond acceptors (Lipinski definition) is 7. The first-order valence-corrected chi connectivity index (χ1v) is 15.1. The van der Waals surface area contributed by atoms with Gasteiger partial charge in [0.05, 0.1) is 6.54 Å². The van der Waals surface area contributed by atoms with Gasteiger partial charge in [0.1, 0.15) is 5.71 Å². The molecule has 1 atom stereocenters. The maximum atomic E-state index is 13.4. The van der Waals surface area contributed by atoms with E-state index in [-0.39, 0.29) is 43.6 Å². The second-order valence-electron chi connectivity index (χ2n) is 10.7. The monoisotopic (exact) mass is 569 g/mol. The van der Waals surface area contributed by atoms with E-state index in [1.807, 2.05) is 30.7 Å². The number of urea groups is 1. The van der Waals surface area contributed by atoms with Gasteiger partial charge in [-0.15, -0.1) is 11.8 Å². The lowest BCUT2D eigenvalue weighted by Crippen LogP contribution is -2.57. The molecule has 1 fully saturated rings. The lowest BCUT2D eigenvalue weighted by atomic mass is 9.94. The third-order valence-electron chi connectivity index (χ3n) is 8.01. The number of hydrogen-bond donors (Lipinski definition) is 1. The van der Waals surface area contributed by atoms with Crippen LogP contribution in [-0.4, -0.2) is 82.1 Å². The molecule has 0 spiro atoms. The van der Waals surface area contributed by atoms with Gasteiger partial charge in [0, 0.05) is 26.1 Å². The molecule has 1 N–H and O–H groups in total. The number of ether oxygens (including phenoxy) is 2. The highest BCUT2D eigenvalue weighted by atomic mass is 32.2. The Hall–Kier alpha value is -3.34. The Morgan fingerprint density at radius 1 is 1.10 bits per heavy atom. The molecule has 1 aromatic carbocycles. The van der Waals surface area contributed by atoms with Crippen LogP contribution in [0.25, 0.3) is 0 Å². The van der Waals surface area contributed by atoms with Gasteiger partial charge in [0.2, 0.25) is 12.7 Å². The molecule has 11 heteroatoms. The Balaban J connectivity index is 1.08. The number of unbranched alkanes of at least 4 members (excludes halogenated alkanes) is 2. The second-order valence-corrected chi connectivity index (χ2v) is 11.7. The molecule has 4 aliphatic rings. The Kier molecular flexibility index (Phi) is 9.08. The van der Waals surface area contributed by atoms with Crippen molar-refractivity contribution < 1.29 is 33.2 Å². The number of allylic oxidation sites excluding steroid dienone is 1. The molecule has 0 bridgehead atoms. The van der Waals surface area contributed by atoms with Gasteiger partial charge in [-0.3, -0.25) is 9.59 Å². The van der Waals surface area contributed by atoms with Gasteiger partial charge in [-0.05, 0) is 61.3 Å². The summed E-state index contributed by atoms with van der Waals surface area (Å²) in [4.78, 5) is 55.0. The lowest BCUT2D eigenvalue weighted by molar-refractivity contribution is -0.428. The lowest BCUT2D eigenvalue weighted by Gasteiger charge is -2.31. The van der Waals surface area contributed by atoms with Crippen molar-refractivity contribution in [2.45, 2.75) is 75.6 Å². The van der Waals surface area contributed by atoms with Gasteiger partial charge in [-0.1, -0.05) is 25.3 Å². The first-order valence-electron chi connectivity index (χ1n) is 14.1. The van der Waals surface area contributed by atoms with E-state index in [1.165, 1.54) is 27.7 Å². The smallest absolute Gasteiger partial charge is 0.454 e. The Labute approximate surface area is 238 Å². The number of fused-ring (bicyclic) bond motifs is 2. The molecule has 1 saturated carbocycles. The molecule has 214 valence electrons. The molecular weight excluding hydrogens is 532 g/mol. The number of likely N-dealkylation sites (N-methyl/N-ethyl adjacent to an activating group) is 1. The number of carbonyl (C=O) groups excluding carboxylic acids is 4. The second kappa shape index (κ2) is 12.9. The van der Waals surface area contributed by atoms with Gasteiger partial charge < -0.3 is 19.7 Å². The van der Waals surface area contributed by atoms with Crippen LogP contribution in [0.1, 0.15) is 63.4 Å². The van der Waals surface area contributed by atoms with Crippen LogP contribution in [0.4, 0.5) is 4.79 Å². The molecule has 0 saturated heterocycles. The fourth-order valence-electron chi connectivity index (χ4n) is 5.61. The van der Waals surface area contributed by atoms with Crippen molar-refractivity contribution in [3.05, 3.63) is 35.2 Å². The number of carbonyl (C=O) groups is 4. The summed E-state index contributed by atoms with van der Waals surface area (Å²) in [5.41, 5.74) is 1.53. The zero-order valence-electron chi connectivity index (χ0n) is 22.9. The average molecular weight is 570 g/mol. The maximum Gasteiger partial charge on any atom is 0.501 e. The molecule has 0 aromatic heterocycles. The third kappa shape index (κ3) is 6.35. The molecule has 40 heavy (non-hydrogen) atoms. The highest BCUT2D eigenvalue weighted by molar-refractivity contribution is 8.04. The van der Waals surface area contributed by atoms with Crippen molar-refractivity contribution >= 4 is 41.2 Å². The number of nitrogens with zero attached hydrogens (tertiary/aromatic N) is 3. The highest BCUT2D eigenvalue weighted by Crippen LogP contribution is 2.32. The van der Waals surface area contributed by atoms with E-state index in [4.69, 9.17) is 9.47 Å². The summed E-state index contributed by atoms with van der Waals surface area (Å²) >= 11 is 1.37. The van der Waals surface area contributed by atoms with Gasteiger partial charge >= 0.3 is 11.9 Å². The summed E-state index contributed by atoms with van der Waals surface area (Å²) in [6.07, 6.45) is 9.50. The number of nitrogens with one attached hydrogen (secondary N) is 1.